The highest BCUT2D eigenvalue weighted by Gasteiger charge is 2.52. The number of benzene rings is 2. The van der Waals surface area contributed by atoms with E-state index in [9.17, 15) is 4.39 Å². The number of halogens is 1. The summed E-state index contributed by atoms with van der Waals surface area (Å²) in [7, 11) is 2.23. The summed E-state index contributed by atoms with van der Waals surface area (Å²) in [5.41, 5.74) is 2.85. The van der Waals surface area contributed by atoms with E-state index in [0.717, 1.165) is 49.4 Å². The fourth-order valence-corrected chi connectivity index (χ4v) is 4.44. The van der Waals surface area contributed by atoms with E-state index in [2.05, 4.69) is 30.3 Å². The van der Waals surface area contributed by atoms with E-state index in [4.69, 9.17) is 9.84 Å². The van der Waals surface area contributed by atoms with Gasteiger partial charge in [0.25, 0.3) is 0 Å². The molecule has 3 heterocycles. The molecule has 1 fully saturated rings. The fourth-order valence-electron chi connectivity index (χ4n) is 4.44. The van der Waals surface area contributed by atoms with Crippen LogP contribution in [0.5, 0.6) is 5.75 Å². The zero-order chi connectivity index (χ0) is 17.7. The Balaban J connectivity index is 1.57. The van der Waals surface area contributed by atoms with Crippen molar-refractivity contribution < 1.29 is 14.0 Å². The predicted octanol–water partition coefficient (Wildman–Crippen LogP) is 2.37. The monoisotopic (exact) mass is 352 g/mol. The average molecular weight is 352 g/mol. The van der Waals surface area contributed by atoms with Gasteiger partial charge in [0.1, 0.15) is 11.6 Å². The molecule has 5 rings (SSSR count). The third-order valence-electron chi connectivity index (χ3n) is 5.97. The number of piperidine rings is 1. The summed E-state index contributed by atoms with van der Waals surface area (Å²) < 4.78 is 19.9. The Morgan fingerprint density at radius 1 is 1.12 bits per heavy atom. The van der Waals surface area contributed by atoms with Crippen LogP contribution in [0.2, 0.25) is 0 Å². The zero-order valence-electron chi connectivity index (χ0n) is 14.9. The number of nitrogens with zero attached hydrogens (tertiary/aromatic N) is 2. The maximum absolute atomic E-state index is 13.3. The molecule has 1 N–H and O–H groups in total. The summed E-state index contributed by atoms with van der Waals surface area (Å²) in [6.07, 6.45) is 2.75. The highest BCUT2D eigenvalue weighted by Crippen LogP contribution is 2.49. The maximum Gasteiger partial charge on any atom is 0.208 e. The molecule has 26 heavy (non-hydrogen) atoms. The SMILES string of the molecule is C[NH+]1CCC2(CC1)Oc1ccccc1[C@H]1CC(c3ccc(F)cc3)=NN12. The summed E-state index contributed by atoms with van der Waals surface area (Å²) in [6.45, 7) is 2.15. The second-order valence-electron chi connectivity index (χ2n) is 7.66. The molecule has 3 aliphatic heterocycles. The number of hydrogen-bond acceptors (Lipinski definition) is 3. The molecule has 4 nitrogen and oxygen atoms in total. The Morgan fingerprint density at radius 2 is 1.85 bits per heavy atom. The predicted molar refractivity (Wildman–Crippen MR) is 97.8 cm³/mol. The van der Waals surface area contributed by atoms with Crippen LogP contribution in [0.4, 0.5) is 4.39 Å². The van der Waals surface area contributed by atoms with Crippen LogP contribution >= 0.6 is 0 Å². The molecular weight excluding hydrogens is 329 g/mol. The Hall–Kier alpha value is -2.40. The number of rotatable bonds is 1. The van der Waals surface area contributed by atoms with Gasteiger partial charge in [0, 0.05) is 12.0 Å². The van der Waals surface area contributed by atoms with Gasteiger partial charge in [-0.1, -0.05) is 30.3 Å². The first-order chi connectivity index (χ1) is 12.6. The normalized spacial score (nSPS) is 29.8. The molecular formula is C21H23FN3O+. The third-order valence-corrected chi connectivity index (χ3v) is 5.97. The molecule has 1 spiro atoms. The van der Waals surface area contributed by atoms with Crippen molar-refractivity contribution in [1.82, 2.24) is 5.01 Å². The van der Waals surface area contributed by atoms with Gasteiger partial charge in [-0.3, -0.25) is 0 Å². The summed E-state index contributed by atoms with van der Waals surface area (Å²) in [6, 6.07) is 15.2. The lowest BCUT2D eigenvalue weighted by Gasteiger charge is -2.49. The number of ether oxygens (including phenoxy) is 1. The highest BCUT2D eigenvalue weighted by atomic mass is 19.1. The van der Waals surface area contributed by atoms with Crippen LogP contribution in [0.1, 0.15) is 36.4 Å². The third kappa shape index (κ3) is 2.42. The van der Waals surface area contributed by atoms with Gasteiger partial charge in [0.2, 0.25) is 5.72 Å². The van der Waals surface area contributed by atoms with E-state index in [0.29, 0.717) is 0 Å². The molecule has 0 aromatic heterocycles. The molecule has 0 saturated carbocycles. The minimum atomic E-state index is -0.361. The van der Waals surface area contributed by atoms with Gasteiger partial charge in [0.15, 0.2) is 0 Å². The lowest BCUT2D eigenvalue weighted by molar-refractivity contribution is -0.888. The van der Waals surface area contributed by atoms with Gasteiger partial charge in [-0.2, -0.15) is 5.10 Å². The van der Waals surface area contributed by atoms with Crippen LogP contribution in [-0.2, 0) is 0 Å². The van der Waals surface area contributed by atoms with Gasteiger partial charge in [-0.05, 0) is 23.8 Å². The quantitative estimate of drug-likeness (QED) is 0.854. The molecule has 0 amide bonds. The van der Waals surface area contributed by atoms with Crippen molar-refractivity contribution in [2.45, 2.75) is 31.0 Å². The highest BCUT2D eigenvalue weighted by molar-refractivity contribution is 6.01. The van der Waals surface area contributed by atoms with Gasteiger partial charge in [-0.25, -0.2) is 9.40 Å². The molecule has 134 valence electrons. The largest absolute Gasteiger partial charge is 0.466 e. The summed E-state index contributed by atoms with van der Waals surface area (Å²) in [5, 5.41) is 7.21. The van der Waals surface area contributed by atoms with Crippen molar-refractivity contribution >= 4 is 5.71 Å². The Labute approximate surface area is 152 Å². The number of quaternary nitrogens is 1. The van der Waals surface area contributed by atoms with Crippen LogP contribution < -0.4 is 9.64 Å². The molecule has 1 saturated heterocycles. The van der Waals surface area contributed by atoms with E-state index in [1.165, 1.54) is 22.6 Å². The van der Waals surface area contributed by atoms with Gasteiger partial charge >= 0.3 is 0 Å². The smallest absolute Gasteiger partial charge is 0.208 e. The molecule has 2 aromatic carbocycles. The molecule has 5 heteroatoms. The first-order valence-electron chi connectivity index (χ1n) is 9.37. The topological polar surface area (TPSA) is 29.3 Å². The van der Waals surface area contributed by atoms with Crippen molar-refractivity contribution in [3.8, 4) is 5.75 Å². The van der Waals surface area contributed by atoms with E-state index in [-0.39, 0.29) is 17.6 Å². The molecule has 0 unspecified atom stereocenters. The van der Waals surface area contributed by atoms with Crippen molar-refractivity contribution in [2.24, 2.45) is 5.10 Å². The van der Waals surface area contributed by atoms with Crippen LogP contribution in [0.3, 0.4) is 0 Å². The Morgan fingerprint density at radius 3 is 2.62 bits per heavy atom. The van der Waals surface area contributed by atoms with Crippen molar-refractivity contribution in [1.29, 1.82) is 0 Å². The summed E-state index contributed by atoms with van der Waals surface area (Å²) >= 11 is 0. The lowest BCUT2D eigenvalue weighted by atomic mass is 9.91. The van der Waals surface area contributed by atoms with Crippen LogP contribution in [-0.4, -0.2) is 36.6 Å². The second kappa shape index (κ2) is 5.81. The zero-order valence-corrected chi connectivity index (χ0v) is 14.9. The average Bonchev–Trinajstić information content (AvgIpc) is 3.12. The molecule has 3 aliphatic rings. The van der Waals surface area contributed by atoms with Crippen molar-refractivity contribution in [3.63, 3.8) is 0 Å². The van der Waals surface area contributed by atoms with E-state index < -0.39 is 0 Å². The summed E-state index contributed by atoms with van der Waals surface area (Å²) in [4.78, 5) is 1.54. The molecule has 1 atom stereocenters. The minimum absolute atomic E-state index is 0.193. The molecule has 0 bridgehead atoms. The second-order valence-corrected chi connectivity index (χ2v) is 7.66. The first kappa shape index (κ1) is 15.8. The van der Waals surface area contributed by atoms with Crippen LogP contribution in [0.25, 0.3) is 0 Å². The number of hydrogen-bond donors (Lipinski definition) is 1. The number of hydrazone groups is 1. The van der Waals surface area contributed by atoms with Crippen LogP contribution in [0.15, 0.2) is 53.6 Å². The number of para-hydroxylation sites is 1. The number of nitrogens with one attached hydrogen (secondary N) is 1. The van der Waals surface area contributed by atoms with Gasteiger partial charge in [-0.15, -0.1) is 0 Å². The van der Waals surface area contributed by atoms with Gasteiger partial charge < -0.3 is 9.64 Å². The molecule has 0 aliphatic carbocycles. The van der Waals surface area contributed by atoms with Gasteiger partial charge in [0.05, 0.1) is 44.7 Å². The minimum Gasteiger partial charge on any atom is -0.466 e. The number of likely N-dealkylation sites (tertiary alicyclic amines) is 1. The lowest BCUT2D eigenvalue weighted by Crippen LogP contribution is -3.11. The standard InChI is InChI=1S/C21H22FN3O/c1-24-12-10-21(11-13-24)25-19(17-4-2-3-5-20(17)26-21)14-18(23-25)15-6-8-16(22)9-7-15/h2-9,19H,10-14H2,1H3/p+1/t19-/m1/s1. The van der Waals surface area contributed by atoms with E-state index >= 15 is 0 Å². The number of fused-ring (bicyclic) bond motifs is 4. The fraction of sp³-hybridized carbons (Fsp3) is 0.381. The molecule has 0 radical (unpaired) electrons. The Bertz CT molecular complexity index is 856. The van der Waals surface area contributed by atoms with E-state index in [1.54, 1.807) is 0 Å². The maximum atomic E-state index is 13.3. The van der Waals surface area contributed by atoms with Crippen molar-refractivity contribution in [3.05, 3.63) is 65.5 Å². The first-order valence-corrected chi connectivity index (χ1v) is 9.37. The molecule has 2 aromatic rings. The van der Waals surface area contributed by atoms with E-state index in [1.807, 2.05) is 18.2 Å². The van der Waals surface area contributed by atoms with Crippen molar-refractivity contribution in [2.75, 3.05) is 20.1 Å². The summed E-state index contributed by atoms with van der Waals surface area (Å²) in [5.74, 6) is 0.775. The Kier molecular flexibility index (Phi) is 3.54. The van der Waals surface area contributed by atoms with Crippen LogP contribution in [0, 0.1) is 5.82 Å².